The van der Waals surface area contributed by atoms with Gasteiger partial charge in [0.25, 0.3) is 0 Å². The zero-order chi connectivity index (χ0) is 13.9. The summed E-state index contributed by atoms with van der Waals surface area (Å²) in [6.07, 6.45) is 0.173. The number of nitrogens with zero attached hydrogens (tertiary/aromatic N) is 2. The first kappa shape index (κ1) is 13.5. The van der Waals surface area contributed by atoms with Gasteiger partial charge in [-0.1, -0.05) is 0 Å². The third kappa shape index (κ3) is 3.74. The Morgan fingerprint density at radius 3 is 2.42 bits per heavy atom. The average molecular weight is 269 g/mol. The van der Waals surface area contributed by atoms with Crippen molar-refractivity contribution in [2.24, 2.45) is 7.05 Å². The van der Waals surface area contributed by atoms with Gasteiger partial charge in [0.15, 0.2) is 0 Å². The lowest BCUT2D eigenvalue weighted by molar-refractivity contribution is -0.137. The molecule has 0 spiro atoms. The summed E-state index contributed by atoms with van der Waals surface area (Å²) in [6, 6.07) is 5.02. The van der Waals surface area contributed by atoms with Crippen LogP contribution in [0.1, 0.15) is 11.1 Å². The fourth-order valence-corrected chi connectivity index (χ4v) is 1.73. The van der Waals surface area contributed by atoms with Gasteiger partial charge in [0.1, 0.15) is 0 Å². The van der Waals surface area contributed by atoms with Crippen molar-refractivity contribution in [2.75, 3.05) is 11.9 Å². The van der Waals surface area contributed by atoms with Crippen LogP contribution in [-0.4, -0.2) is 16.3 Å². The Bertz CT molecular complexity index is 529. The molecule has 0 unspecified atom stereocenters. The topological polar surface area (TPSA) is 29.9 Å². The minimum Gasteiger partial charge on any atom is -0.385 e. The number of halogens is 3. The lowest BCUT2D eigenvalue weighted by atomic mass is 10.2. The molecular weight excluding hydrogens is 255 g/mol. The van der Waals surface area contributed by atoms with Crippen LogP contribution in [0.25, 0.3) is 0 Å². The number of aryl methyl sites for hydroxylation is 1. The quantitative estimate of drug-likeness (QED) is 0.924. The molecule has 0 aliphatic heterocycles. The van der Waals surface area contributed by atoms with E-state index in [2.05, 4.69) is 10.4 Å². The highest BCUT2D eigenvalue weighted by Crippen LogP contribution is 2.29. The number of anilines is 1. The van der Waals surface area contributed by atoms with Crippen molar-refractivity contribution in [1.29, 1.82) is 0 Å². The second-order valence-electron chi connectivity index (χ2n) is 4.27. The molecule has 2 aromatic rings. The molecule has 1 heterocycles. The van der Waals surface area contributed by atoms with Crippen LogP contribution < -0.4 is 5.32 Å². The van der Waals surface area contributed by atoms with Crippen molar-refractivity contribution < 1.29 is 13.2 Å². The Morgan fingerprint density at radius 2 is 1.89 bits per heavy atom. The minimum absolute atomic E-state index is 0.634. The van der Waals surface area contributed by atoms with Gasteiger partial charge in [-0.3, -0.25) is 4.68 Å². The summed E-state index contributed by atoms with van der Waals surface area (Å²) in [4.78, 5) is 0. The van der Waals surface area contributed by atoms with E-state index in [1.807, 2.05) is 13.2 Å². The number of nitrogens with one attached hydrogen (secondary N) is 1. The molecule has 0 saturated heterocycles. The third-order valence-electron chi connectivity index (χ3n) is 2.71. The van der Waals surface area contributed by atoms with Crippen molar-refractivity contribution >= 4 is 5.69 Å². The Hall–Kier alpha value is -1.98. The second-order valence-corrected chi connectivity index (χ2v) is 4.27. The van der Waals surface area contributed by atoms with E-state index in [0.717, 1.165) is 24.1 Å². The predicted molar refractivity (Wildman–Crippen MR) is 66.8 cm³/mol. The summed E-state index contributed by atoms with van der Waals surface area (Å²) in [6.45, 7) is 0.650. The smallest absolute Gasteiger partial charge is 0.385 e. The van der Waals surface area contributed by atoms with Gasteiger partial charge in [-0.2, -0.15) is 18.3 Å². The molecule has 19 heavy (non-hydrogen) atoms. The van der Waals surface area contributed by atoms with Crippen LogP contribution >= 0.6 is 0 Å². The van der Waals surface area contributed by atoms with Crippen molar-refractivity contribution in [3.63, 3.8) is 0 Å². The summed E-state index contributed by atoms with van der Waals surface area (Å²) in [5.41, 5.74) is 1.13. The summed E-state index contributed by atoms with van der Waals surface area (Å²) in [5, 5.41) is 7.12. The highest BCUT2D eigenvalue weighted by molar-refractivity contribution is 5.45. The molecule has 2 rings (SSSR count). The molecule has 1 aromatic heterocycles. The largest absolute Gasteiger partial charge is 0.416 e. The fraction of sp³-hybridized carbons (Fsp3) is 0.308. The van der Waals surface area contributed by atoms with Crippen molar-refractivity contribution in [2.45, 2.75) is 12.6 Å². The first-order valence-electron chi connectivity index (χ1n) is 5.84. The SMILES string of the molecule is Cn1cc(CCNc2ccc(C(F)(F)F)cc2)cn1. The van der Waals surface area contributed by atoms with E-state index in [1.54, 1.807) is 10.9 Å². The normalized spacial score (nSPS) is 11.6. The number of rotatable bonds is 4. The lowest BCUT2D eigenvalue weighted by Gasteiger charge is -2.09. The maximum Gasteiger partial charge on any atom is 0.416 e. The molecule has 1 aromatic carbocycles. The van der Waals surface area contributed by atoms with E-state index in [4.69, 9.17) is 0 Å². The van der Waals surface area contributed by atoms with Gasteiger partial charge in [-0.25, -0.2) is 0 Å². The van der Waals surface area contributed by atoms with Gasteiger partial charge in [0.2, 0.25) is 0 Å². The van der Waals surface area contributed by atoms with Crippen LogP contribution in [0.4, 0.5) is 18.9 Å². The van der Waals surface area contributed by atoms with Crippen LogP contribution in [-0.2, 0) is 19.6 Å². The van der Waals surface area contributed by atoms with Crippen LogP contribution in [0.5, 0.6) is 0 Å². The van der Waals surface area contributed by atoms with Crippen LogP contribution in [0.3, 0.4) is 0 Å². The van der Waals surface area contributed by atoms with E-state index < -0.39 is 11.7 Å². The molecule has 3 nitrogen and oxygen atoms in total. The summed E-state index contributed by atoms with van der Waals surface area (Å²) in [5.74, 6) is 0. The standard InChI is InChI=1S/C13H14F3N3/c1-19-9-10(8-18-19)6-7-17-12-4-2-11(3-5-12)13(14,15)16/h2-5,8-9,17H,6-7H2,1H3. The average Bonchev–Trinajstić information content (AvgIpc) is 2.75. The number of hydrogen-bond acceptors (Lipinski definition) is 2. The molecule has 102 valence electrons. The zero-order valence-corrected chi connectivity index (χ0v) is 10.4. The Balaban J connectivity index is 1.86. The van der Waals surface area contributed by atoms with Gasteiger partial charge < -0.3 is 5.32 Å². The summed E-state index contributed by atoms with van der Waals surface area (Å²) < 4.78 is 38.8. The molecule has 6 heteroatoms. The molecule has 0 radical (unpaired) electrons. The molecule has 0 aliphatic carbocycles. The minimum atomic E-state index is -4.28. The van der Waals surface area contributed by atoms with E-state index in [1.165, 1.54) is 12.1 Å². The Kier molecular flexibility index (Phi) is 3.78. The van der Waals surface area contributed by atoms with Crippen LogP contribution in [0.2, 0.25) is 0 Å². The third-order valence-corrected chi connectivity index (χ3v) is 2.71. The van der Waals surface area contributed by atoms with Gasteiger partial charge in [0.05, 0.1) is 11.8 Å². The molecule has 0 aliphatic rings. The monoisotopic (exact) mass is 269 g/mol. The molecule has 0 bridgehead atoms. The number of benzene rings is 1. The highest BCUT2D eigenvalue weighted by Gasteiger charge is 2.29. The molecule has 0 amide bonds. The van der Waals surface area contributed by atoms with E-state index in [0.29, 0.717) is 12.2 Å². The predicted octanol–water partition coefficient (Wildman–Crippen LogP) is 3.09. The fourth-order valence-electron chi connectivity index (χ4n) is 1.73. The lowest BCUT2D eigenvalue weighted by Crippen LogP contribution is -2.07. The van der Waals surface area contributed by atoms with E-state index >= 15 is 0 Å². The number of alkyl halides is 3. The number of hydrogen-bond donors (Lipinski definition) is 1. The highest BCUT2D eigenvalue weighted by atomic mass is 19.4. The van der Waals surface area contributed by atoms with Gasteiger partial charge in [0, 0.05) is 25.5 Å². The molecule has 0 saturated carbocycles. The van der Waals surface area contributed by atoms with Gasteiger partial charge in [-0.15, -0.1) is 0 Å². The maximum atomic E-state index is 12.4. The first-order chi connectivity index (χ1) is 8.95. The first-order valence-corrected chi connectivity index (χ1v) is 5.84. The molecule has 0 fully saturated rings. The second kappa shape index (κ2) is 5.34. The zero-order valence-electron chi connectivity index (χ0n) is 10.4. The van der Waals surface area contributed by atoms with Crippen LogP contribution in [0, 0.1) is 0 Å². The summed E-state index contributed by atoms with van der Waals surface area (Å²) >= 11 is 0. The molecular formula is C13H14F3N3. The van der Waals surface area contributed by atoms with Crippen molar-refractivity contribution in [1.82, 2.24) is 9.78 Å². The van der Waals surface area contributed by atoms with Crippen molar-refractivity contribution in [3.05, 3.63) is 47.8 Å². The molecule has 0 atom stereocenters. The Labute approximate surface area is 109 Å². The maximum absolute atomic E-state index is 12.4. The van der Waals surface area contributed by atoms with Crippen LogP contribution in [0.15, 0.2) is 36.7 Å². The Morgan fingerprint density at radius 1 is 1.21 bits per heavy atom. The van der Waals surface area contributed by atoms with Gasteiger partial charge >= 0.3 is 6.18 Å². The number of aromatic nitrogens is 2. The van der Waals surface area contributed by atoms with Crippen molar-refractivity contribution in [3.8, 4) is 0 Å². The van der Waals surface area contributed by atoms with E-state index in [9.17, 15) is 13.2 Å². The molecule has 1 N–H and O–H groups in total. The van der Waals surface area contributed by atoms with E-state index in [-0.39, 0.29) is 0 Å². The summed E-state index contributed by atoms with van der Waals surface area (Å²) in [7, 11) is 1.84. The van der Waals surface area contributed by atoms with Gasteiger partial charge in [-0.05, 0) is 36.2 Å².